The molecule has 1 amide bonds. The summed E-state index contributed by atoms with van der Waals surface area (Å²) in [6, 6.07) is 16.3. The fourth-order valence-corrected chi connectivity index (χ4v) is 3.98. The number of amides is 1. The van der Waals surface area contributed by atoms with E-state index in [4.69, 9.17) is 9.84 Å². The molecule has 9 heteroatoms. The minimum atomic E-state index is -0.620. The molecule has 0 saturated carbocycles. The molecule has 0 fully saturated rings. The van der Waals surface area contributed by atoms with Crippen molar-refractivity contribution in [1.82, 2.24) is 19.7 Å². The van der Waals surface area contributed by atoms with Crippen molar-refractivity contribution >= 4 is 17.5 Å². The van der Waals surface area contributed by atoms with Gasteiger partial charge in [-0.3, -0.25) is 9.78 Å². The molecule has 1 aliphatic rings. The van der Waals surface area contributed by atoms with Crippen LogP contribution in [0.4, 0.5) is 16.0 Å². The number of methoxy groups -OCH3 is 1. The van der Waals surface area contributed by atoms with Gasteiger partial charge in [0.1, 0.15) is 17.6 Å². The van der Waals surface area contributed by atoms with Crippen LogP contribution in [0.2, 0.25) is 0 Å². The van der Waals surface area contributed by atoms with Crippen molar-refractivity contribution in [3.8, 4) is 17.1 Å². The Kier molecular flexibility index (Phi) is 5.51. The largest absolute Gasteiger partial charge is 0.496 e. The highest BCUT2D eigenvalue weighted by Gasteiger charge is 2.36. The number of aromatic nitrogens is 4. The van der Waals surface area contributed by atoms with E-state index in [9.17, 15) is 9.18 Å². The first kappa shape index (κ1) is 21.3. The lowest BCUT2D eigenvalue weighted by atomic mass is 9.94. The number of nitrogens with zero attached hydrogens (tertiary/aromatic N) is 4. The predicted octanol–water partition coefficient (Wildman–Crippen LogP) is 4.42. The average Bonchev–Trinajstić information content (AvgIpc) is 3.27. The van der Waals surface area contributed by atoms with E-state index in [2.05, 4.69) is 20.6 Å². The molecule has 2 N–H and O–H groups in total. The Bertz CT molecular complexity index is 1380. The average molecular weight is 456 g/mol. The van der Waals surface area contributed by atoms with E-state index in [0.717, 1.165) is 5.56 Å². The minimum Gasteiger partial charge on any atom is -0.496 e. The molecular weight excluding hydrogens is 435 g/mol. The Morgan fingerprint density at radius 3 is 2.65 bits per heavy atom. The van der Waals surface area contributed by atoms with E-state index in [1.54, 1.807) is 48.5 Å². The number of allylic oxidation sites excluding steroid dienone is 1. The van der Waals surface area contributed by atoms with Crippen LogP contribution in [-0.4, -0.2) is 32.8 Å². The number of anilines is 2. The summed E-state index contributed by atoms with van der Waals surface area (Å²) >= 11 is 0. The molecule has 0 bridgehead atoms. The smallest absolute Gasteiger partial charge is 0.255 e. The van der Waals surface area contributed by atoms with Crippen LogP contribution in [0.3, 0.4) is 0 Å². The third kappa shape index (κ3) is 3.88. The summed E-state index contributed by atoms with van der Waals surface area (Å²) in [6.45, 7) is 1.82. The molecule has 0 radical (unpaired) electrons. The second kappa shape index (κ2) is 8.78. The number of nitrogens with one attached hydrogen (secondary N) is 2. The van der Waals surface area contributed by atoms with E-state index >= 15 is 0 Å². The van der Waals surface area contributed by atoms with Gasteiger partial charge in [-0.15, -0.1) is 5.10 Å². The number of carbonyl (C=O) groups is 1. The van der Waals surface area contributed by atoms with Gasteiger partial charge in [-0.25, -0.2) is 9.07 Å². The summed E-state index contributed by atoms with van der Waals surface area (Å²) in [4.78, 5) is 22.2. The van der Waals surface area contributed by atoms with Crippen molar-refractivity contribution in [1.29, 1.82) is 0 Å². The number of halogens is 1. The maximum absolute atomic E-state index is 13.5. The van der Waals surface area contributed by atoms with E-state index in [1.807, 2.05) is 31.2 Å². The van der Waals surface area contributed by atoms with Gasteiger partial charge in [0.2, 0.25) is 5.95 Å². The Balaban J connectivity index is 1.63. The fraction of sp³-hybridized carbons (Fsp3) is 0.120. The summed E-state index contributed by atoms with van der Waals surface area (Å²) in [5, 5.41) is 10.8. The van der Waals surface area contributed by atoms with Crippen molar-refractivity contribution in [3.63, 3.8) is 0 Å². The molecule has 5 rings (SSSR count). The lowest BCUT2D eigenvalue weighted by molar-refractivity contribution is -0.113. The lowest BCUT2D eigenvalue weighted by Crippen LogP contribution is -2.31. The van der Waals surface area contributed by atoms with E-state index in [1.165, 1.54) is 12.1 Å². The molecular formula is C25H21FN6O2. The number of pyridine rings is 1. The molecule has 0 aliphatic carbocycles. The summed E-state index contributed by atoms with van der Waals surface area (Å²) in [6.07, 6.45) is 3.22. The van der Waals surface area contributed by atoms with Crippen molar-refractivity contribution < 1.29 is 13.9 Å². The zero-order chi connectivity index (χ0) is 23.7. The monoisotopic (exact) mass is 456 g/mol. The van der Waals surface area contributed by atoms with Gasteiger partial charge in [0.05, 0.1) is 24.6 Å². The van der Waals surface area contributed by atoms with Gasteiger partial charge in [0, 0.05) is 23.0 Å². The van der Waals surface area contributed by atoms with Crippen LogP contribution in [0, 0.1) is 5.82 Å². The normalized spacial score (nSPS) is 14.9. The Morgan fingerprint density at radius 2 is 1.91 bits per heavy atom. The molecule has 34 heavy (non-hydrogen) atoms. The standard InChI is InChI=1S/C25H21FN6O2/c1-15-21(24(33)29-18-6-5-13-27-14-18)22(19-7-3-4-8-20(19)34-2)32-25(28-15)30-23(31-32)16-9-11-17(26)12-10-16/h3-14,22H,1-2H3,(H,29,33)(H,28,30,31). The maximum Gasteiger partial charge on any atom is 0.255 e. The number of fused-ring (bicyclic) bond motifs is 1. The number of rotatable bonds is 5. The number of benzene rings is 2. The number of para-hydroxylation sites is 1. The van der Waals surface area contributed by atoms with Gasteiger partial charge in [-0.1, -0.05) is 18.2 Å². The van der Waals surface area contributed by atoms with Crippen LogP contribution in [0.5, 0.6) is 5.75 Å². The fourth-order valence-electron chi connectivity index (χ4n) is 3.98. The van der Waals surface area contributed by atoms with Crippen LogP contribution in [0.25, 0.3) is 11.4 Å². The second-order valence-electron chi connectivity index (χ2n) is 7.71. The third-order valence-corrected chi connectivity index (χ3v) is 5.55. The van der Waals surface area contributed by atoms with Gasteiger partial charge in [0.25, 0.3) is 5.91 Å². The van der Waals surface area contributed by atoms with E-state index in [-0.39, 0.29) is 11.7 Å². The highest BCUT2D eigenvalue weighted by atomic mass is 19.1. The van der Waals surface area contributed by atoms with Gasteiger partial charge in [-0.05, 0) is 49.4 Å². The first-order valence-electron chi connectivity index (χ1n) is 10.6. The number of hydrogen-bond acceptors (Lipinski definition) is 6. The molecule has 170 valence electrons. The SMILES string of the molecule is COc1ccccc1C1C(C(=O)Nc2cccnc2)=C(C)Nc2nc(-c3ccc(F)cc3)nn21. The zero-order valence-corrected chi connectivity index (χ0v) is 18.5. The molecule has 8 nitrogen and oxygen atoms in total. The van der Waals surface area contributed by atoms with Crippen LogP contribution >= 0.6 is 0 Å². The van der Waals surface area contributed by atoms with E-state index < -0.39 is 6.04 Å². The Labute approximate surface area is 195 Å². The van der Waals surface area contributed by atoms with Crippen LogP contribution in [0.1, 0.15) is 18.5 Å². The molecule has 0 saturated heterocycles. The van der Waals surface area contributed by atoms with E-state index in [0.29, 0.717) is 40.0 Å². The maximum atomic E-state index is 13.5. The van der Waals surface area contributed by atoms with Crippen LogP contribution in [0.15, 0.2) is 84.3 Å². The number of carbonyl (C=O) groups excluding carboxylic acids is 1. The topological polar surface area (TPSA) is 94.0 Å². The Hall–Kier alpha value is -4.53. The van der Waals surface area contributed by atoms with Crippen molar-refractivity contribution in [2.45, 2.75) is 13.0 Å². The van der Waals surface area contributed by atoms with Crippen LogP contribution < -0.4 is 15.4 Å². The predicted molar refractivity (Wildman–Crippen MR) is 126 cm³/mol. The molecule has 1 atom stereocenters. The summed E-state index contributed by atoms with van der Waals surface area (Å²) in [5.41, 5.74) is 3.06. The molecule has 3 heterocycles. The molecule has 2 aromatic heterocycles. The highest BCUT2D eigenvalue weighted by molar-refractivity contribution is 6.06. The Morgan fingerprint density at radius 1 is 1.12 bits per heavy atom. The molecule has 1 aliphatic heterocycles. The number of hydrogen-bond donors (Lipinski definition) is 2. The quantitative estimate of drug-likeness (QED) is 0.462. The summed E-state index contributed by atoms with van der Waals surface area (Å²) in [5.74, 6) is 0.830. The van der Waals surface area contributed by atoms with Gasteiger partial charge in [0.15, 0.2) is 5.82 Å². The zero-order valence-electron chi connectivity index (χ0n) is 18.5. The van der Waals surface area contributed by atoms with Crippen molar-refractivity contribution in [2.75, 3.05) is 17.7 Å². The van der Waals surface area contributed by atoms with Crippen LogP contribution in [-0.2, 0) is 4.79 Å². The lowest BCUT2D eigenvalue weighted by Gasteiger charge is -2.29. The van der Waals surface area contributed by atoms with Crippen molar-refractivity contribution in [3.05, 3.63) is 95.7 Å². The van der Waals surface area contributed by atoms with Gasteiger partial charge < -0.3 is 15.4 Å². The minimum absolute atomic E-state index is 0.307. The third-order valence-electron chi connectivity index (χ3n) is 5.55. The highest BCUT2D eigenvalue weighted by Crippen LogP contribution is 2.40. The van der Waals surface area contributed by atoms with Gasteiger partial charge >= 0.3 is 0 Å². The first-order chi connectivity index (χ1) is 16.5. The molecule has 1 unspecified atom stereocenters. The summed E-state index contributed by atoms with van der Waals surface area (Å²) < 4.78 is 20.7. The van der Waals surface area contributed by atoms with Gasteiger partial charge in [-0.2, -0.15) is 4.98 Å². The number of ether oxygens (including phenoxy) is 1. The summed E-state index contributed by atoms with van der Waals surface area (Å²) in [7, 11) is 1.58. The molecule has 0 spiro atoms. The molecule has 2 aromatic carbocycles. The molecule has 4 aromatic rings. The second-order valence-corrected chi connectivity index (χ2v) is 7.71. The first-order valence-corrected chi connectivity index (χ1v) is 10.6. The van der Waals surface area contributed by atoms with Crippen molar-refractivity contribution in [2.24, 2.45) is 0 Å².